The second-order valence-electron chi connectivity index (χ2n) is 9.44. The van der Waals surface area contributed by atoms with E-state index >= 15 is 0 Å². The van der Waals surface area contributed by atoms with E-state index in [1.54, 1.807) is 6.92 Å². The Balaban J connectivity index is 1.94. The molecule has 6 heteroatoms. The lowest BCUT2D eigenvalue weighted by atomic mass is 10.0. The lowest BCUT2D eigenvalue weighted by Gasteiger charge is -2.33. The van der Waals surface area contributed by atoms with Crippen LogP contribution in [-0.2, 0) is 11.3 Å². The number of likely N-dealkylation sites (N-methyl/N-ethyl adjacent to an activating group) is 1. The quantitative estimate of drug-likeness (QED) is 0.722. The smallest absolute Gasteiger partial charge is 0.253 e. The van der Waals surface area contributed by atoms with Crippen molar-refractivity contribution in [2.24, 2.45) is 0 Å². The topological polar surface area (TPSA) is 47.1 Å². The van der Waals surface area contributed by atoms with Gasteiger partial charge in [0.05, 0.1) is 0 Å². The predicted molar refractivity (Wildman–Crippen MR) is 127 cm³/mol. The van der Waals surface area contributed by atoms with Gasteiger partial charge in [-0.2, -0.15) is 0 Å². The van der Waals surface area contributed by atoms with Gasteiger partial charge in [0.15, 0.2) is 0 Å². The van der Waals surface area contributed by atoms with Crippen LogP contribution in [0, 0.1) is 0 Å². The third-order valence-electron chi connectivity index (χ3n) is 6.72. The van der Waals surface area contributed by atoms with Crippen molar-refractivity contribution in [1.29, 1.82) is 0 Å². The minimum Gasteiger partial charge on any atom is -0.336 e. The number of piperazine rings is 1. The van der Waals surface area contributed by atoms with E-state index in [-0.39, 0.29) is 11.8 Å². The minimum absolute atomic E-state index is 0.0764. The fraction of sp³-hybridized carbons (Fsp3) is 0.680. The highest BCUT2D eigenvalue weighted by atomic mass is 16.2. The van der Waals surface area contributed by atoms with Gasteiger partial charge in [0.25, 0.3) is 5.91 Å². The third-order valence-corrected chi connectivity index (χ3v) is 6.72. The molecule has 0 aromatic heterocycles. The van der Waals surface area contributed by atoms with Gasteiger partial charge in [0, 0.05) is 63.5 Å². The maximum absolute atomic E-state index is 13.2. The predicted octanol–water partition coefficient (Wildman–Crippen LogP) is 3.60. The van der Waals surface area contributed by atoms with Crippen LogP contribution in [0.3, 0.4) is 0 Å². The summed E-state index contributed by atoms with van der Waals surface area (Å²) in [6.45, 7) is 12.0. The van der Waals surface area contributed by atoms with Gasteiger partial charge in [0.1, 0.15) is 0 Å². The van der Waals surface area contributed by atoms with Crippen molar-refractivity contribution in [3.63, 3.8) is 0 Å². The molecule has 0 bridgehead atoms. The molecule has 0 unspecified atom stereocenters. The average molecular weight is 429 g/mol. The van der Waals surface area contributed by atoms with E-state index in [1.165, 1.54) is 19.3 Å². The number of fused-ring (bicyclic) bond motifs is 1. The molecule has 2 aliphatic rings. The number of amides is 2. The van der Waals surface area contributed by atoms with Crippen LogP contribution in [0.4, 0.5) is 5.69 Å². The Morgan fingerprint density at radius 2 is 1.52 bits per heavy atom. The first-order valence-corrected chi connectivity index (χ1v) is 12.0. The molecular weight excluding hydrogens is 388 g/mol. The molecule has 3 rings (SSSR count). The number of hydrogen-bond acceptors (Lipinski definition) is 4. The zero-order chi connectivity index (χ0) is 22.4. The molecule has 172 valence electrons. The summed E-state index contributed by atoms with van der Waals surface area (Å²) >= 11 is 0. The summed E-state index contributed by atoms with van der Waals surface area (Å²) < 4.78 is 0. The van der Waals surface area contributed by atoms with Crippen molar-refractivity contribution in [2.45, 2.75) is 65.5 Å². The third kappa shape index (κ3) is 6.30. The molecular formula is C25H40N4O2. The van der Waals surface area contributed by atoms with Gasteiger partial charge in [-0.1, -0.05) is 19.3 Å². The van der Waals surface area contributed by atoms with Crippen LogP contribution >= 0.6 is 0 Å². The number of hydrogen-bond donors (Lipinski definition) is 0. The maximum atomic E-state index is 13.2. The number of anilines is 1. The minimum atomic E-state index is 0.0764. The maximum Gasteiger partial charge on any atom is 0.253 e. The molecule has 1 saturated heterocycles. The van der Waals surface area contributed by atoms with Crippen LogP contribution in [-0.4, -0.2) is 78.9 Å². The molecule has 1 aromatic carbocycles. The zero-order valence-corrected chi connectivity index (χ0v) is 19.9. The molecule has 0 saturated carbocycles. The molecule has 1 fully saturated rings. The lowest BCUT2D eigenvalue weighted by Crippen LogP contribution is -2.47. The first kappa shape index (κ1) is 23.7. The van der Waals surface area contributed by atoms with E-state index in [1.807, 2.05) is 28.0 Å². The average Bonchev–Trinajstić information content (AvgIpc) is 2.73. The van der Waals surface area contributed by atoms with Crippen LogP contribution in [0.5, 0.6) is 0 Å². The standard InChI is InChI=1S/C25H40N4O2/c1-20(2)28-12-8-6-5-7-9-13-29(21(3)30)24-11-10-22(18-23(24)19-28)25(31)27-16-14-26(4)15-17-27/h10-11,18,20H,5-9,12-17,19H2,1-4H3. The Morgan fingerprint density at radius 3 is 2.16 bits per heavy atom. The highest BCUT2D eigenvalue weighted by molar-refractivity contribution is 5.97. The molecule has 0 aliphatic carbocycles. The summed E-state index contributed by atoms with van der Waals surface area (Å²) in [5.41, 5.74) is 2.79. The highest BCUT2D eigenvalue weighted by Crippen LogP contribution is 2.27. The molecule has 2 aliphatic heterocycles. The summed E-state index contributed by atoms with van der Waals surface area (Å²) in [4.78, 5) is 34.3. The molecule has 0 N–H and O–H groups in total. The van der Waals surface area contributed by atoms with Crippen LogP contribution in [0.25, 0.3) is 0 Å². The normalized spacial score (nSPS) is 20.2. The summed E-state index contributed by atoms with van der Waals surface area (Å²) in [6.07, 6.45) is 5.83. The molecule has 2 heterocycles. The monoisotopic (exact) mass is 428 g/mol. The van der Waals surface area contributed by atoms with Crippen molar-refractivity contribution in [2.75, 3.05) is 51.2 Å². The molecule has 6 nitrogen and oxygen atoms in total. The van der Waals surface area contributed by atoms with Crippen molar-refractivity contribution in [1.82, 2.24) is 14.7 Å². The largest absolute Gasteiger partial charge is 0.336 e. The van der Waals surface area contributed by atoms with E-state index < -0.39 is 0 Å². The van der Waals surface area contributed by atoms with E-state index in [0.29, 0.717) is 6.04 Å². The fourth-order valence-corrected chi connectivity index (χ4v) is 4.60. The van der Waals surface area contributed by atoms with Crippen molar-refractivity contribution in [3.8, 4) is 0 Å². The van der Waals surface area contributed by atoms with Gasteiger partial charge >= 0.3 is 0 Å². The molecule has 0 radical (unpaired) electrons. The summed E-state index contributed by atoms with van der Waals surface area (Å²) in [6, 6.07) is 6.39. The number of rotatable bonds is 2. The molecule has 0 spiro atoms. The Bertz CT molecular complexity index is 756. The van der Waals surface area contributed by atoms with Crippen LogP contribution in [0.15, 0.2) is 18.2 Å². The Labute approximate surface area is 188 Å². The van der Waals surface area contributed by atoms with Gasteiger partial charge in [0.2, 0.25) is 5.91 Å². The first-order chi connectivity index (χ1) is 14.9. The summed E-state index contributed by atoms with van der Waals surface area (Å²) in [5, 5.41) is 0. The zero-order valence-electron chi connectivity index (χ0n) is 19.9. The van der Waals surface area contributed by atoms with Crippen LogP contribution in [0.2, 0.25) is 0 Å². The van der Waals surface area contributed by atoms with E-state index in [0.717, 1.165) is 75.5 Å². The summed E-state index contributed by atoms with van der Waals surface area (Å²) in [7, 11) is 2.10. The Kier molecular flexibility index (Phi) is 8.50. The second-order valence-corrected chi connectivity index (χ2v) is 9.44. The van der Waals surface area contributed by atoms with Gasteiger partial charge < -0.3 is 14.7 Å². The molecule has 1 aromatic rings. The highest BCUT2D eigenvalue weighted by Gasteiger charge is 2.24. The van der Waals surface area contributed by atoms with Gasteiger partial charge in [-0.25, -0.2) is 0 Å². The van der Waals surface area contributed by atoms with Crippen molar-refractivity contribution in [3.05, 3.63) is 29.3 Å². The Morgan fingerprint density at radius 1 is 0.871 bits per heavy atom. The first-order valence-electron chi connectivity index (χ1n) is 12.0. The Hall–Kier alpha value is -1.92. The molecule has 31 heavy (non-hydrogen) atoms. The van der Waals surface area contributed by atoms with Crippen LogP contribution < -0.4 is 4.90 Å². The summed E-state index contributed by atoms with van der Waals surface area (Å²) in [5.74, 6) is 0.181. The van der Waals surface area contributed by atoms with Crippen molar-refractivity contribution < 1.29 is 9.59 Å². The van der Waals surface area contributed by atoms with E-state index in [9.17, 15) is 9.59 Å². The second kappa shape index (κ2) is 11.1. The SMILES string of the molecule is CC(=O)N1CCCCCCCN(C(C)C)Cc2cc(C(=O)N3CCN(C)CC3)ccc21. The van der Waals surface area contributed by atoms with E-state index in [4.69, 9.17) is 0 Å². The van der Waals surface area contributed by atoms with Gasteiger partial charge in [-0.15, -0.1) is 0 Å². The number of benzene rings is 1. The van der Waals surface area contributed by atoms with Crippen molar-refractivity contribution >= 4 is 17.5 Å². The van der Waals surface area contributed by atoms with Gasteiger partial charge in [-0.3, -0.25) is 14.5 Å². The lowest BCUT2D eigenvalue weighted by molar-refractivity contribution is -0.116. The molecule has 0 atom stereocenters. The number of carbonyl (C=O) groups excluding carboxylic acids is 2. The van der Waals surface area contributed by atoms with E-state index in [2.05, 4.69) is 30.7 Å². The molecule has 2 amide bonds. The fourth-order valence-electron chi connectivity index (χ4n) is 4.60. The van der Waals surface area contributed by atoms with Gasteiger partial charge in [-0.05, 0) is 64.0 Å². The van der Waals surface area contributed by atoms with Crippen LogP contribution in [0.1, 0.15) is 68.8 Å². The number of carbonyl (C=O) groups is 2. The number of nitrogens with zero attached hydrogens (tertiary/aromatic N) is 4.